The predicted octanol–water partition coefficient (Wildman–Crippen LogP) is 5.56. The van der Waals surface area contributed by atoms with Crippen molar-refractivity contribution in [1.29, 1.82) is 0 Å². The van der Waals surface area contributed by atoms with E-state index in [1.807, 2.05) is 75.4 Å². The summed E-state index contributed by atoms with van der Waals surface area (Å²) in [6.45, 7) is 5.91. The zero-order valence-corrected chi connectivity index (χ0v) is 18.1. The van der Waals surface area contributed by atoms with Crippen molar-refractivity contribution in [2.75, 3.05) is 12.1 Å². The number of ether oxygens (including phenoxy) is 1. The summed E-state index contributed by atoms with van der Waals surface area (Å²) in [6, 6.07) is 17.2. The molecule has 6 heteroatoms. The first-order valence-corrected chi connectivity index (χ1v) is 9.98. The molecule has 1 aliphatic rings. The quantitative estimate of drug-likeness (QED) is 0.519. The first-order valence-electron chi connectivity index (χ1n) is 9.60. The molecule has 1 aliphatic heterocycles. The van der Waals surface area contributed by atoms with Gasteiger partial charge in [0.05, 0.1) is 29.1 Å². The maximum Gasteiger partial charge on any atom is 0.280 e. The fourth-order valence-corrected chi connectivity index (χ4v) is 3.96. The van der Waals surface area contributed by atoms with Crippen molar-refractivity contribution in [3.8, 4) is 11.4 Å². The van der Waals surface area contributed by atoms with Gasteiger partial charge in [-0.2, -0.15) is 10.1 Å². The highest BCUT2D eigenvalue weighted by atomic mass is 35.5. The van der Waals surface area contributed by atoms with E-state index in [9.17, 15) is 4.79 Å². The van der Waals surface area contributed by atoms with Gasteiger partial charge in [-0.05, 0) is 68.8 Å². The number of rotatable bonds is 4. The molecule has 0 saturated heterocycles. The van der Waals surface area contributed by atoms with Gasteiger partial charge in [0.1, 0.15) is 5.75 Å². The Morgan fingerprint density at radius 3 is 2.40 bits per heavy atom. The lowest BCUT2D eigenvalue weighted by Crippen LogP contribution is -2.21. The minimum Gasteiger partial charge on any atom is -0.495 e. The van der Waals surface area contributed by atoms with Crippen LogP contribution in [0.25, 0.3) is 11.8 Å². The highest BCUT2D eigenvalue weighted by molar-refractivity contribution is 6.32. The van der Waals surface area contributed by atoms with E-state index >= 15 is 0 Å². The zero-order valence-electron chi connectivity index (χ0n) is 17.3. The SMILES string of the molecule is COc1ccc(-n2c(C)cc(/C=C3\C(=O)N(c4ccccc4)N=C3C)c2C)cc1Cl. The highest BCUT2D eigenvalue weighted by Crippen LogP contribution is 2.31. The molecular weight excluding hydrogens is 398 g/mol. The fraction of sp³-hybridized carbons (Fsp3) is 0.167. The van der Waals surface area contributed by atoms with Crippen LogP contribution in [0.4, 0.5) is 5.69 Å². The van der Waals surface area contributed by atoms with Gasteiger partial charge in [0.15, 0.2) is 0 Å². The van der Waals surface area contributed by atoms with E-state index in [2.05, 4.69) is 15.7 Å². The van der Waals surface area contributed by atoms with Gasteiger partial charge < -0.3 is 9.30 Å². The maximum absolute atomic E-state index is 13.0. The third-order valence-electron chi connectivity index (χ3n) is 5.23. The molecule has 0 unspecified atom stereocenters. The standard InChI is InChI=1S/C24H22ClN3O2/c1-15-12-18(17(3)27(15)20-10-11-23(30-4)22(25)14-20)13-21-16(2)26-28(24(21)29)19-8-6-5-7-9-19/h5-14H,1-4H3/b21-13-. The number of hydrogen-bond acceptors (Lipinski definition) is 3. The summed E-state index contributed by atoms with van der Waals surface area (Å²) in [4.78, 5) is 13.0. The number of amides is 1. The molecule has 0 saturated carbocycles. The van der Waals surface area contributed by atoms with Crippen molar-refractivity contribution in [2.45, 2.75) is 20.8 Å². The lowest BCUT2D eigenvalue weighted by atomic mass is 10.1. The number of carbonyl (C=O) groups excluding carboxylic acids is 1. The van der Waals surface area contributed by atoms with Gasteiger partial charge in [-0.25, -0.2) is 0 Å². The van der Waals surface area contributed by atoms with Crippen LogP contribution in [0.15, 0.2) is 65.3 Å². The molecule has 1 amide bonds. The Bertz CT molecular complexity index is 1190. The second-order valence-corrected chi connectivity index (χ2v) is 7.58. The third-order valence-corrected chi connectivity index (χ3v) is 5.52. The van der Waals surface area contributed by atoms with E-state index < -0.39 is 0 Å². The molecule has 152 valence electrons. The van der Waals surface area contributed by atoms with Crippen LogP contribution < -0.4 is 9.75 Å². The Morgan fingerprint density at radius 1 is 1.00 bits per heavy atom. The molecule has 0 spiro atoms. The van der Waals surface area contributed by atoms with Crippen molar-refractivity contribution < 1.29 is 9.53 Å². The van der Waals surface area contributed by atoms with Gasteiger partial charge >= 0.3 is 0 Å². The Balaban J connectivity index is 1.72. The number of aryl methyl sites for hydroxylation is 1. The van der Waals surface area contributed by atoms with Gasteiger partial charge in [-0.15, -0.1) is 0 Å². The molecule has 3 aromatic rings. The number of anilines is 1. The van der Waals surface area contributed by atoms with Crippen LogP contribution in [0.1, 0.15) is 23.9 Å². The average Bonchev–Trinajstić information content (AvgIpc) is 3.18. The number of nitrogens with zero attached hydrogens (tertiary/aromatic N) is 3. The molecule has 0 atom stereocenters. The summed E-state index contributed by atoms with van der Waals surface area (Å²) >= 11 is 6.32. The van der Waals surface area contributed by atoms with Crippen LogP contribution in [0, 0.1) is 13.8 Å². The van der Waals surface area contributed by atoms with Gasteiger partial charge in [0.25, 0.3) is 5.91 Å². The molecule has 5 nitrogen and oxygen atoms in total. The summed E-state index contributed by atoms with van der Waals surface area (Å²) in [5.74, 6) is 0.505. The number of carbonyl (C=O) groups is 1. The molecule has 0 radical (unpaired) electrons. The number of benzene rings is 2. The van der Waals surface area contributed by atoms with Crippen LogP contribution in [-0.4, -0.2) is 23.3 Å². The smallest absolute Gasteiger partial charge is 0.280 e. The predicted molar refractivity (Wildman–Crippen MR) is 122 cm³/mol. The van der Waals surface area contributed by atoms with E-state index in [1.54, 1.807) is 7.11 Å². The highest BCUT2D eigenvalue weighted by Gasteiger charge is 2.29. The van der Waals surface area contributed by atoms with Gasteiger partial charge in [0.2, 0.25) is 0 Å². The molecule has 30 heavy (non-hydrogen) atoms. The van der Waals surface area contributed by atoms with Crippen LogP contribution in [0.3, 0.4) is 0 Å². The minimum absolute atomic E-state index is 0.129. The fourth-order valence-electron chi connectivity index (χ4n) is 3.71. The molecule has 4 rings (SSSR count). The Hall–Kier alpha value is -3.31. The van der Waals surface area contributed by atoms with E-state index in [1.165, 1.54) is 5.01 Å². The number of methoxy groups -OCH3 is 1. The average molecular weight is 420 g/mol. The van der Waals surface area contributed by atoms with Crippen LogP contribution in [-0.2, 0) is 4.79 Å². The number of para-hydroxylation sites is 1. The molecule has 0 bridgehead atoms. The molecule has 2 aromatic carbocycles. The van der Waals surface area contributed by atoms with E-state index in [-0.39, 0.29) is 5.91 Å². The van der Waals surface area contributed by atoms with Crippen molar-refractivity contribution >= 4 is 35.0 Å². The number of hydrogen-bond donors (Lipinski definition) is 0. The van der Waals surface area contributed by atoms with E-state index in [0.29, 0.717) is 22.1 Å². The van der Waals surface area contributed by atoms with Crippen molar-refractivity contribution in [1.82, 2.24) is 4.57 Å². The minimum atomic E-state index is -0.129. The molecule has 2 heterocycles. The normalized spacial score (nSPS) is 15.1. The first kappa shape index (κ1) is 20.0. The van der Waals surface area contributed by atoms with Crippen LogP contribution in [0.2, 0.25) is 5.02 Å². The Labute approximate surface area is 180 Å². The Kier molecular flexibility index (Phi) is 5.22. The molecule has 0 aliphatic carbocycles. The first-order chi connectivity index (χ1) is 14.4. The monoisotopic (exact) mass is 419 g/mol. The van der Waals surface area contributed by atoms with Gasteiger partial charge in [-0.1, -0.05) is 29.8 Å². The summed E-state index contributed by atoms with van der Waals surface area (Å²) in [6.07, 6.45) is 1.91. The second-order valence-electron chi connectivity index (χ2n) is 7.18. The lowest BCUT2D eigenvalue weighted by Gasteiger charge is -2.12. The number of hydrazone groups is 1. The van der Waals surface area contributed by atoms with Crippen molar-refractivity contribution in [3.05, 3.63) is 82.1 Å². The molecule has 0 fully saturated rings. The third kappa shape index (κ3) is 3.42. The largest absolute Gasteiger partial charge is 0.495 e. The summed E-state index contributed by atoms with van der Waals surface area (Å²) in [7, 11) is 1.60. The maximum atomic E-state index is 13.0. The Morgan fingerprint density at radius 2 is 1.73 bits per heavy atom. The lowest BCUT2D eigenvalue weighted by molar-refractivity contribution is -0.114. The molecule has 1 aromatic heterocycles. The van der Waals surface area contributed by atoms with Crippen LogP contribution >= 0.6 is 11.6 Å². The van der Waals surface area contributed by atoms with Crippen LogP contribution in [0.5, 0.6) is 5.75 Å². The zero-order chi connectivity index (χ0) is 21.4. The second kappa shape index (κ2) is 7.84. The van der Waals surface area contributed by atoms with Gasteiger partial charge in [-0.3, -0.25) is 4.79 Å². The van der Waals surface area contributed by atoms with Gasteiger partial charge in [0, 0.05) is 17.1 Å². The summed E-state index contributed by atoms with van der Waals surface area (Å²) < 4.78 is 7.36. The summed E-state index contributed by atoms with van der Waals surface area (Å²) in [5.41, 5.74) is 6.00. The summed E-state index contributed by atoms with van der Waals surface area (Å²) in [5, 5.41) is 6.46. The molecule has 0 N–H and O–H groups in total. The van der Waals surface area contributed by atoms with E-state index in [4.69, 9.17) is 16.3 Å². The molecular formula is C24H22ClN3O2. The topological polar surface area (TPSA) is 46.8 Å². The number of aromatic nitrogens is 1. The van der Waals surface area contributed by atoms with Crippen molar-refractivity contribution in [3.63, 3.8) is 0 Å². The number of halogens is 1. The van der Waals surface area contributed by atoms with Crippen molar-refractivity contribution in [2.24, 2.45) is 5.10 Å². The van der Waals surface area contributed by atoms with E-state index in [0.717, 1.165) is 28.3 Å².